The van der Waals surface area contributed by atoms with E-state index in [9.17, 15) is 9.59 Å². The molecule has 23 heavy (non-hydrogen) atoms. The van der Waals surface area contributed by atoms with Crippen molar-refractivity contribution in [3.05, 3.63) is 41.1 Å². The zero-order valence-electron chi connectivity index (χ0n) is 14.4. The molecule has 1 heterocycles. The number of rotatable bonds is 4. The number of benzene rings is 1. The number of anilines is 1. The number of hydrogen-bond donors (Lipinski definition) is 0. The molecule has 5 nitrogen and oxygen atoms in total. The average Bonchev–Trinajstić information content (AvgIpc) is 2.53. The van der Waals surface area contributed by atoms with E-state index in [1.807, 2.05) is 25.9 Å². The van der Waals surface area contributed by atoms with Crippen LogP contribution in [-0.4, -0.2) is 44.4 Å². The molecule has 1 aliphatic heterocycles. The largest absolute Gasteiger partial charge is 0.465 e. The summed E-state index contributed by atoms with van der Waals surface area (Å²) in [4.78, 5) is 28.1. The van der Waals surface area contributed by atoms with Crippen molar-refractivity contribution in [3.8, 4) is 0 Å². The van der Waals surface area contributed by atoms with Crippen LogP contribution < -0.4 is 4.90 Å². The summed E-state index contributed by atoms with van der Waals surface area (Å²) in [7, 11) is 5.31. The lowest BCUT2D eigenvalue weighted by molar-refractivity contribution is -0.138. The molecule has 0 saturated heterocycles. The molecule has 0 amide bonds. The van der Waals surface area contributed by atoms with Gasteiger partial charge in [0.25, 0.3) is 0 Å². The Morgan fingerprint density at radius 3 is 2.61 bits per heavy atom. The number of nitrogens with zero attached hydrogens (tertiary/aromatic N) is 2. The summed E-state index contributed by atoms with van der Waals surface area (Å²) in [5.74, 6) is -0.730. The lowest BCUT2D eigenvalue weighted by atomic mass is 9.92. The number of Topliss-reactive ketones (excluding diaryl/α,β-unsaturated/α-hetero) is 1. The fraction of sp³-hybridized carbons (Fsp3) is 0.444. The van der Waals surface area contributed by atoms with Crippen molar-refractivity contribution >= 4 is 17.4 Å². The van der Waals surface area contributed by atoms with Crippen LogP contribution in [0.5, 0.6) is 0 Å². The molecule has 2 rings (SSSR count). The van der Waals surface area contributed by atoms with E-state index in [0.29, 0.717) is 6.54 Å². The van der Waals surface area contributed by atoms with Crippen LogP contribution in [0.2, 0.25) is 0 Å². The fourth-order valence-corrected chi connectivity index (χ4v) is 3.02. The third-order valence-electron chi connectivity index (χ3n) is 4.23. The molecule has 0 N–H and O–H groups in total. The van der Waals surface area contributed by atoms with Gasteiger partial charge in [0.15, 0.2) is 5.78 Å². The van der Waals surface area contributed by atoms with Crippen molar-refractivity contribution in [3.63, 3.8) is 0 Å². The van der Waals surface area contributed by atoms with Crippen LogP contribution in [0.3, 0.4) is 0 Å². The molecule has 124 valence electrons. The Kier molecular flexibility index (Phi) is 5.08. The summed E-state index contributed by atoms with van der Waals surface area (Å²) in [5.41, 5.74) is 3.54. The second-order valence-electron chi connectivity index (χ2n) is 5.95. The monoisotopic (exact) mass is 316 g/mol. The number of carbonyl (C=O) groups is 2. The number of esters is 1. The first-order valence-electron chi connectivity index (χ1n) is 7.76. The highest BCUT2D eigenvalue weighted by atomic mass is 16.5. The van der Waals surface area contributed by atoms with Gasteiger partial charge in [-0.05, 0) is 31.0 Å². The maximum Gasteiger partial charge on any atom is 0.342 e. The molecule has 5 heteroatoms. The van der Waals surface area contributed by atoms with Crippen molar-refractivity contribution < 1.29 is 14.3 Å². The van der Waals surface area contributed by atoms with Crippen LogP contribution in [0.15, 0.2) is 30.0 Å². The third-order valence-corrected chi connectivity index (χ3v) is 4.23. The lowest BCUT2D eigenvalue weighted by Gasteiger charge is -2.34. The molecule has 1 aromatic carbocycles. The van der Waals surface area contributed by atoms with E-state index in [1.165, 1.54) is 12.7 Å². The van der Waals surface area contributed by atoms with Crippen molar-refractivity contribution in [2.45, 2.75) is 26.3 Å². The number of carbonyl (C=O) groups excluding carboxylic acids is 2. The highest BCUT2D eigenvalue weighted by molar-refractivity contribution is 6.17. The molecule has 0 radical (unpaired) electrons. The molecular weight excluding hydrogens is 292 g/mol. The zero-order valence-corrected chi connectivity index (χ0v) is 14.4. The van der Waals surface area contributed by atoms with Crippen molar-refractivity contribution in [1.82, 2.24) is 4.90 Å². The lowest BCUT2D eigenvalue weighted by Crippen LogP contribution is -2.33. The summed E-state index contributed by atoms with van der Waals surface area (Å²) in [6, 6.07) is 6.20. The minimum Gasteiger partial charge on any atom is -0.465 e. The van der Waals surface area contributed by atoms with Crippen LogP contribution in [0.1, 0.15) is 30.5 Å². The van der Waals surface area contributed by atoms with E-state index in [4.69, 9.17) is 4.74 Å². The summed E-state index contributed by atoms with van der Waals surface area (Å²) in [6.07, 6.45) is 1.92. The average molecular weight is 316 g/mol. The first-order chi connectivity index (χ1) is 10.9. The predicted molar refractivity (Wildman–Crippen MR) is 90.4 cm³/mol. The molecule has 0 aromatic heterocycles. The van der Waals surface area contributed by atoms with Gasteiger partial charge in [-0.15, -0.1) is 0 Å². The van der Waals surface area contributed by atoms with Crippen LogP contribution in [0.4, 0.5) is 5.69 Å². The molecule has 1 unspecified atom stereocenters. The second kappa shape index (κ2) is 6.86. The summed E-state index contributed by atoms with van der Waals surface area (Å²) >= 11 is 0. The maximum absolute atomic E-state index is 12.3. The van der Waals surface area contributed by atoms with E-state index >= 15 is 0 Å². The summed E-state index contributed by atoms with van der Waals surface area (Å²) in [5, 5.41) is 0. The van der Waals surface area contributed by atoms with Gasteiger partial charge in [-0.25, -0.2) is 4.79 Å². The highest BCUT2D eigenvalue weighted by Gasteiger charge is 2.31. The smallest absolute Gasteiger partial charge is 0.342 e. The Balaban J connectivity index is 2.37. The van der Waals surface area contributed by atoms with Gasteiger partial charge in [-0.3, -0.25) is 4.79 Å². The minimum absolute atomic E-state index is 0.0455. The number of hydrogen-bond acceptors (Lipinski definition) is 5. The Morgan fingerprint density at radius 2 is 2.09 bits per heavy atom. The molecule has 0 bridgehead atoms. The highest BCUT2D eigenvalue weighted by Crippen LogP contribution is 2.33. The van der Waals surface area contributed by atoms with Crippen LogP contribution in [0, 0.1) is 6.92 Å². The first kappa shape index (κ1) is 17.1. The summed E-state index contributed by atoms with van der Waals surface area (Å²) < 4.78 is 4.69. The fourth-order valence-electron chi connectivity index (χ4n) is 3.02. The van der Waals surface area contributed by atoms with Gasteiger partial charge >= 0.3 is 5.97 Å². The molecule has 0 aliphatic carbocycles. The topological polar surface area (TPSA) is 49.9 Å². The Bertz CT molecular complexity index is 650. The number of ketones is 1. The van der Waals surface area contributed by atoms with Crippen LogP contribution in [0.25, 0.3) is 0 Å². The van der Waals surface area contributed by atoms with E-state index in [-0.39, 0.29) is 23.8 Å². The van der Waals surface area contributed by atoms with Gasteiger partial charge in [-0.2, -0.15) is 0 Å². The quantitative estimate of drug-likeness (QED) is 0.631. The summed E-state index contributed by atoms with van der Waals surface area (Å²) in [6.45, 7) is 4.79. The van der Waals surface area contributed by atoms with Gasteiger partial charge in [0.05, 0.1) is 13.2 Å². The minimum atomic E-state index is -0.564. The van der Waals surface area contributed by atoms with E-state index in [0.717, 1.165) is 11.3 Å². The van der Waals surface area contributed by atoms with Gasteiger partial charge in [0.1, 0.15) is 5.57 Å². The van der Waals surface area contributed by atoms with Crippen molar-refractivity contribution in [2.24, 2.45) is 0 Å². The van der Waals surface area contributed by atoms with Gasteiger partial charge in [0, 0.05) is 38.9 Å². The zero-order chi connectivity index (χ0) is 17.1. The Labute approximate surface area is 137 Å². The van der Waals surface area contributed by atoms with Gasteiger partial charge in [-0.1, -0.05) is 12.1 Å². The van der Waals surface area contributed by atoms with Gasteiger partial charge < -0.3 is 14.5 Å². The number of ether oxygens (including phenoxy) is 1. The number of aryl methyl sites for hydroxylation is 1. The van der Waals surface area contributed by atoms with E-state index in [1.54, 1.807) is 6.20 Å². The first-order valence-corrected chi connectivity index (χ1v) is 7.76. The second-order valence-corrected chi connectivity index (χ2v) is 5.95. The molecule has 0 spiro atoms. The molecule has 0 fully saturated rings. The molecule has 1 aromatic rings. The molecule has 0 saturated carbocycles. The van der Waals surface area contributed by atoms with Gasteiger partial charge in [0.2, 0.25) is 0 Å². The number of methoxy groups -OCH3 is 1. The molecular formula is C18H24N2O3. The molecule has 1 aliphatic rings. The Morgan fingerprint density at radius 1 is 1.39 bits per heavy atom. The third kappa shape index (κ3) is 3.38. The van der Waals surface area contributed by atoms with Crippen molar-refractivity contribution in [2.75, 3.05) is 32.6 Å². The maximum atomic E-state index is 12.3. The van der Waals surface area contributed by atoms with Crippen molar-refractivity contribution in [1.29, 1.82) is 0 Å². The Hall–Kier alpha value is -2.30. The van der Waals surface area contributed by atoms with E-state index in [2.05, 4.69) is 30.0 Å². The normalized spacial score (nSPS) is 17.8. The molecule has 1 atom stereocenters. The predicted octanol–water partition coefficient (Wildman–Crippen LogP) is 2.45. The SMILES string of the molecule is CCN1C=C(C(=O)OC)C(=O)CC1c1ccc(N(C)C)c(C)c1. The standard InChI is InChI=1S/C18H24N2O3/c1-6-20-11-14(18(22)23-5)17(21)10-16(20)13-7-8-15(19(3)4)12(2)9-13/h7-9,11,16H,6,10H2,1-5H3. The van der Waals surface area contributed by atoms with Crippen LogP contribution >= 0.6 is 0 Å². The van der Waals surface area contributed by atoms with Crippen LogP contribution in [-0.2, 0) is 14.3 Å². The van der Waals surface area contributed by atoms with E-state index < -0.39 is 5.97 Å².